The molecule has 0 heterocycles. The zero-order valence-corrected chi connectivity index (χ0v) is 15.6. The Hall–Kier alpha value is -2.66. The van der Waals surface area contributed by atoms with Crippen LogP contribution in [0.3, 0.4) is 0 Å². The number of hydrogen-bond donors (Lipinski definition) is 2. The Balaban J connectivity index is 1.75. The van der Waals surface area contributed by atoms with Crippen molar-refractivity contribution in [2.24, 2.45) is 5.10 Å². The molecule has 2 amide bonds. The van der Waals surface area contributed by atoms with Crippen LogP contribution in [0.4, 0.5) is 5.69 Å². The molecular formula is C20H22ClN3O2. The number of carbonyl (C=O) groups is 2. The molecule has 0 aromatic heterocycles. The van der Waals surface area contributed by atoms with Gasteiger partial charge in [-0.3, -0.25) is 9.59 Å². The van der Waals surface area contributed by atoms with Crippen LogP contribution in [0.5, 0.6) is 0 Å². The van der Waals surface area contributed by atoms with E-state index in [0.717, 1.165) is 16.8 Å². The normalized spacial score (nSPS) is 11.1. The zero-order chi connectivity index (χ0) is 18.9. The molecule has 2 aromatic rings. The van der Waals surface area contributed by atoms with Crippen LogP contribution < -0.4 is 10.7 Å². The van der Waals surface area contributed by atoms with Crippen LogP contribution in [-0.4, -0.2) is 17.5 Å². The van der Waals surface area contributed by atoms with Gasteiger partial charge in [-0.2, -0.15) is 5.10 Å². The van der Waals surface area contributed by atoms with E-state index in [0.29, 0.717) is 17.1 Å². The molecule has 0 radical (unpaired) electrons. The first-order valence-corrected chi connectivity index (χ1v) is 8.74. The Morgan fingerprint density at radius 3 is 2.42 bits per heavy atom. The van der Waals surface area contributed by atoms with Gasteiger partial charge >= 0.3 is 0 Å². The lowest BCUT2D eigenvalue weighted by molar-refractivity contribution is -0.124. The summed E-state index contributed by atoms with van der Waals surface area (Å²) in [5.41, 5.74) is 5.98. The molecule has 2 rings (SSSR count). The maximum absolute atomic E-state index is 12.0. The van der Waals surface area contributed by atoms with Crippen LogP contribution in [-0.2, 0) is 16.0 Å². The van der Waals surface area contributed by atoms with Crippen molar-refractivity contribution in [1.29, 1.82) is 0 Å². The second kappa shape index (κ2) is 9.73. The fraction of sp³-hybridized carbons (Fsp3) is 0.250. The fourth-order valence-electron chi connectivity index (χ4n) is 2.35. The SMILES string of the molecule is C/C(Cc1ccccc1)=N\NC(=O)CCC(=O)Nc1ccc(Cl)cc1C. The fourth-order valence-corrected chi connectivity index (χ4v) is 2.58. The minimum absolute atomic E-state index is 0.0700. The van der Waals surface area contributed by atoms with Crippen molar-refractivity contribution in [2.75, 3.05) is 5.32 Å². The minimum atomic E-state index is -0.291. The summed E-state index contributed by atoms with van der Waals surface area (Å²) in [5, 5.41) is 7.47. The summed E-state index contributed by atoms with van der Waals surface area (Å²) >= 11 is 5.89. The lowest BCUT2D eigenvalue weighted by atomic mass is 10.1. The summed E-state index contributed by atoms with van der Waals surface area (Å²) < 4.78 is 0. The van der Waals surface area contributed by atoms with E-state index in [-0.39, 0.29) is 24.7 Å². The molecule has 0 aliphatic rings. The summed E-state index contributed by atoms with van der Waals surface area (Å²) in [6.07, 6.45) is 0.819. The first-order chi connectivity index (χ1) is 12.4. The Morgan fingerprint density at radius 1 is 1.04 bits per heavy atom. The first-order valence-electron chi connectivity index (χ1n) is 8.36. The molecule has 2 N–H and O–H groups in total. The van der Waals surface area contributed by atoms with Gasteiger partial charge in [-0.25, -0.2) is 5.43 Å². The molecular weight excluding hydrogens is 350 g/mol. The molecule has 136 valence electrons. The maximum atomic E-state index is 12.0. The third-order valence-electron chi connectivity index (χ3n) is 3.72. The first kappa shape index (κ1) is 19.7. The summed E-state index contributed by atoms with van der Waals surface area (Å²) in [5.74, 6) is -0.518. The summed E-state index contributed by atoms with van der Waals surface area (Å²) in [7, 11) is 0. The summed E-state index contributed by atoms with van der Waals surface area (Å²) in [6.45, 7) is 3.71. The van der Waals surface area contributed by atoms with Crippen LogP contribution in [0.25, 0.3) is 0 Å². The molecule has 0 aliphatic carbocycles. The number of anilines is 1. The van der Waals surface area contributed by atoms with Gasteiger partial charge in [-0.1, -0.05) is 41.9 Å². The number of hydrogen-bond acceptors (Lipinski definition) is 3. The van der Waals surface area contributed by atoms with E-state index in [4.69, 9.17) is 11.6 Å². The van der Waals surface area contributed by atoms with Crippen molar-refractivity contribution in [2.45, 2.75) is 33.1 Å². The zero-order valence-electron chi connectivity index (χ0n) is 14.9. The lowest BCUT2D eigenvalue weighted by Gasteiger charge is -2.08. The van der Waals surface area contributed by atoms with Crippen molar-refractivity contribution in [3.8, 4) is 0 Å². The van der Waals surface area contributed by atoms with Crippen molar-refractivity contribution in [1.82, 2.24) is 5.43 Å². The second-order valence-electron chi connectivity index (χ2n) is 6.05. The Kier molecular flexibility index (Phi) is 7.36. The number of halogens is 1. The van der Waals surface area contributed by atoms with E-state index in [1.807, 2.05) is 44.2 Å². The summed E-state index contributed by atoms with van der Waals surface area (Å²) in [4.78, 5) is 23.8. The predicted molar refractivity (Wildman–Crippen MR) is 105 cm³/mol. The Morgan fingerprint density at radius 2 is 1.73 bits per heavy atom. The molecule has 0 spiro atoms. The Labute approximate surface area is 158 Å². The second-order valence-corrected chi connectivity index (χ2v) is 6.49. The number of hydrazone groups is 1. The maximum Gasteiger partial charge on any atom is 0.240 e. The van der Waals surface area contributed by atoms with Crippen molar-refractivity contribution < 1.29 is 9.59 Å². The Bertz CT molecular complexity index is 804. The van der Waals surface area contributed by atoms with Gasteiger partial charge < -0.3 is 5.32 Å². The highest BCUT2D eigenvalue weighted by atomic mass is 35.5. The third-order valence-corrected chi connectivity index (χ3v) is 3.95. The number of aryl methyl sites for hydroxylation is 1. The number of rotatable bonds is 7. The molecule has 0 aliphatic heterocycles. The molecule has 26 heavy (non-hydrogen) atoms. The van der Waals surface area contributed by atoms with Gasteiger partial charge in [0.15, 0.2) is 0 Å². The smallest absolute Gasteiger partial charge is 0.240 e. The third kappa shape index (κ3) is 6.69. The van der Waals surface area contributed by atoms with Crippen LogP contribution in [0.2, 0.25) is 5.02 Å². The van der Waals surface area contributed by atoms with E-state index in [1.165, 1.54) is 0 Å². The highest BCUT2D eigenvalue weighted by molar-refractivity contribution is 6.30. The molecule has 6 heteroatoms. The summed E-state index contributed by atoms with van der Waals surface area (Å²) in [6, 6.07) is 15.1. The number of nitrogens with one attached hydrogen (secondary N) is 2. The average Bonchev–Trinajstić information content (AvgIpc) is 2.61. The highest BCUT2D eigenvalue weighted by Crippen LogP contribution is 2.19. The van der Waals surface area contributed by atoms with Crippen LogP contribution in [0.1, 0.15) is 30.9 Å². The van der Waals surface area contributed by atoms with Gasteiger partial charge in [0.05, 0.1) is 0 Å². The number of amides is 2. The average molecular weight is 372 g/mol. The van der Waals surface area contributed by atoms with Crippen molar-refractivity contribution in [3.05, 3.63) is 64.7 Å². The number of carbonyl (C=O) groups excluding carboxylic acids is 2. The van der Waals surface area contributed by atoms with Crippen molar-refractivity contribution in [3.63, 3.8) is 0 Å². The largest absolute Gasteiger partial charge is 0.326 e. The van der Waals surface area contributed by atoms with Gasteiger partial charge in [-0.15, -0.1) is 0 Å². The van der Waals surface area contributed by atoms with Gasteiger partial charge in [-0.05, 0) is 43.2 Å². The van der Waals surface area contributed by atoms with E-state index < -0.39 is 0 Å². The monoisotopic (exact) mass is 371 g/mol. The van der Waals surface area contributed by atoms with Gasteiger partial charge in [0, 0.05) is 35.7 Å². The predicted octanol–water partition coefficient (Wildman–Crippen LogP) is 4.10. The van der Waals surface area contributed by atoms with Crippen LogP contribution in [0.15, 0.2) is 53.6 Å². The quantitative estimate of drug-likeness (QED) is 0.568. The van der Waals surface area contributed by atoms with Gasteiger partial charge in [0.2, 0.25) is 11.8 Å². The topological polar surface area (TPSA) is 70.6 Å². The molecule has 2 aromatic carbocycles. The van der Waals surface area contributed by atoms with E-state index in [1.54, 1.807) is 18.2 Å². The molecule has 0 fully saturated rings. The lowest BCUT2D eigenvalue weighted by Crippen LogP contribution is -2.22. The molecule has 0 saturated heterocycles. The van der Waals surface area contributed by atoms with Crippen LogP contribution in [0, 0.1) is 6.92 Å². The number of benzene rings is 2. The molecule has 0 atom stereocenters. The van der Waals surface area contributed by atoms with E-state index >= 15 is 0 Å². The molecule has 0 unspecified atom stereocenters. The van der Waals surface area contributed by atoms with Gasteiger partial charge in [0.25, 0.3) is 0 Å². The standard InChI is InChI=1S/C20H22ClN3O2/c1-14-12-17(21)8-9-18(14)22-19(25)10-11-20(26)24-23-15(2)13-16-6-4-3-5-7-16/h3-9,12H,10-11,13H2,1-2H3,(H,22,25)(H,24,26)/b23-15+. The molecule has 0 saturated carbocycles. The van der Waals surface area contributed by atoms with E-state index in [9.17, 15) is 9.59 Å². The molecule has 0 bridgehead atoms. The minimum Gasteiger partial charge on any atom is -0.326 e. The van der Waals surface area contributed by atoms with Crippen molar-refractivity contribution >= 4 is 34.8 Å². The van der Waals surface area contributed by atoms with E-state index in [2.05, 4.69) is 15.8 Å². The molecule has 5 nitrogen and oxygen atoms in total. The number of nitrogens with zero attached hydrogens (tertiary/aromatic N) is 1. The highest BCUT2D eigenvalue weighted by Gasteiger charge is 2.08. The van der Waals surface area contributed by atoms with Gasteiger partial charge in [0.1, 0.15) is 0 Å². The van der Waals surface area contributed by atoms with Crippen LogP contribution >= 0.6 is 11.6 Å².